The first kappa shape index (κ1) is 17.8. The number of benzene rings is 2. The SMILES string of the molecule is O=C(c1ccc(Cl)cc1)C1CCN(C(=O)c2cccc(O)c2Cl)CC1. The molecule has 4 nitrogen and oxygen atoms in total. The van der Waals surface area contributed by atoms with Gasteiger partial charge in [-0.2, -0.15) is 0 Å². The van der Waals surface area contributed by atoms with Gasteiger partial charge in [-0.1, -0.05) is 29.3 Å². The number of rotatable bonds is 3. The summed E-state index contributed by atoms with van der Waals surface area (Å²) in [4.78, 5) is 26.8. The molecule has 6 heteroatoms. The second-order valence-electron chi connectivity index (χ2n) is 6.08. The molecule has 0 spiro atoms. The fraction of sp³-hybridized carbons (Fsp3) is 0.263. The molecule has 0 saturated carbocycles. The smallest absolute Gasteiger partial charge is 0.255 e. The van der Waals surface area contributed by atoms with Gasteiger partial charge in [0.1, 0.15) is 5.75 Å². The van der Waals surface area contributed by atoms with Crippen molar-refractivity contribution in [1.82, 2.24) is 4.90 Å². The van der Waals surface area contributed by atoms with Crippen LogP contribution in [-0.2, 0) is 0 Å². The van der Waals surface area contributed by atoms with Gasteiger partial charge in [-0.25, -0.2) is 0 Å². The Labute approximate surface area is 156 Å². The van der Waals surface area contributed by atoms with E-state index in [0.717, 1.165) is 0 Å². The van der Waals surface area contributed by atoms with Crippen molar-refractivity contribution in [3.63, 3.8) is 0 Å². The van der Waals surface area contributed by atoms with Crippen LogP contribution < -0.4 is 0 Å². The van der Waals surface area contributed by atoms with Gasteiger partial charge in [-0.15, -0.1) is 0 Å². The van der Waals surface area contributed by atoms with Crippen LogP contribution in [0.1, 0.15) is 33.6 Å². The van der Waals surface area contributed by atoms with E-state index in [9.17, 15) is 14.7 Å². The Hall–Kier alpha value is -2.04. The Morgan fingerprint density at radius 2 is 1.64 bits per heavy atom. The van der Waals surface area contributed by atoms with Crippen molar-refractivity contribution in [2.45, 2.75) is 12.8 Å². The zero-order valence-electron chi connectivity index (χ0n) is 13.4. The molecule has 1 N–H and O–H groups in total. The van der Waals surface area contributed by atoms with Gasteiger partial charge >= 0.3 is 0 Å². The van der Waals surface area contributed by atoms with E-state index < -0.39 is 0 Å². The van der Waals surface area contributed by atoms with E-state index in [1.807, 2.05) is 0 Å². The van der Waals surface area contributed by atoms with Crippen LogP contribution >= 0.6 is 23.2 Å². The van der Waals surface area contributed by atoms with Crippen molar-refractivity contribution in [3.8, 4) is 5.75 Å². The van der Waals surface area contributed by atoms with Crippen LogP contribution in [0.25, 0.3) is 0 Å². The number of carbonyl (C=O) groups excluding carboxylic acids is 2. The molecule has 1 amide bonds. The predicted octanol–water partition coefficient (Wildman–Crippen LogP) is 4.43. The molecule has 1 fully saturated rings. The highest BCUT2D eigenvalue weighted by molar-refractivity contribution is 6.35. The molecule has 0 radical (unpaired) electrons. The van der Waals surface area contributed by atoms with Crippen LogP contribution in [0.15, 0.2) is 42.5 Å². The van der Waals surface area contributed by atoms with Crippen molar-refractivity contribution in [2.75, 3.05) is 13.1 Å². The van der Waals surface area contributed by atoms with Gasteiger partial charge in [-0.05, 0) is 49.2 Å². The van der Waals surface area contributed by atoms with Crippen molar-refractivity contribution >= 4 is 34.9 Å². The van der Waals surface area contributed by atoms with Gasteiger partial charge in [0.15, 0.2) is 5.78 Å². The van der Waals surface area contributed by atoms with Crippen LogP contribution in [0.4, 0.5) is 0 Å². The number of carbonyl (C=O) groups is 2. The maximum Gasteiger partial charge on any atom is 0.255 e. The third kappa shape index (κ3) is 3.80. The molecule has 1 saturated heterocycles. The fourth-order valence-electron chi connectivity index (χ4n) is 3.05. The topological polar surface area (TPSA) is 57.6 Å². The average molecular weight is 378 g/mol. The second-order valence-corrected chi connectivity index (χ2v) is 6.89. The first-order valence-corrected chi connectivity index (χ1v) is 8.79. The van der Waals surface area contributed by atoms with Gasteiger partial charge in [-0.3, -0.25) is 9.59 Å². The van der Waals surface area contributed by atoms with Crippen molar-refractivity contribution < 1.29 is 14.7 Å². The van der Waals surface area contributed by atoms with Crippen molar-refractivity contribution in [1.29, 1.82) is 0 Å². The highest BCUT2D eigenvalue weighted by atomic mass is 35.5. The number of likely N-dealkylation sites (tertiary alicyclic amines) is 1. The molecule has 1 aliphatic heterocycles. The van der Waals surface area contributed by atoms with Gasteiger partial charge in [0, 0.05) is 29.6 Å². The number of amides is 1. The monoisotopic (exact) mass is 377 g/mol. The number of Topliss-reactive ketones (excluding diaryl/α,β-unsaturated/α-hetero) is 1. The first-order valence-electron chi connectivity index (χ1n) is 8.04. The molecule has 2 aromatic rings. The molecule has 3 rings (SSSR count). The van der Waals surface area contributed by atoms with Gasteiger partial charge in [0.2, 0.25) is 0 Å². The number of nitrogens with zero attached hydrogens (tertiary/aromatic N) is 1. The molecule has 0 unspecified atom stereocenters. The van der Waals surface area contributed by atoms with Crippen LogP contribution in [0.3, 0.4) is 0 Å². The van der Waals surface area contributed by atoms with E-state index in [0.29, 0.717) is 36.5 Å². The zero-order chi connectivity index (χ0) is 18.0. The summed E-state index contributed by atoms with van der Waals surface area (Å²) >= 11 is 11.9. The average Bonchev–Trinajstić information content (AvgIpc) is 2.64. The van der Waals surface area contributed by atoms with Crippen LogP contribution in [0, 0.1) is 5.92 Å². The molecule has 0 aromatic heterocycles. The van der Waals surface area contributed by atoms with Crippen LogP contribution in [0.2, 0.25) is 10.0 Å². The Morgan fingerprint density at radius 1 is 1.00 bits per heavy atom. The molecule has 0 aliphatic carbocycles. The number of piperidine rings is 1. The van der Waals surface area contributed by atoms with Crippen LogP contribution in [0.5, 0.6) is 5.75 Å². The highest BCUT2D eigenvalue weighted by Crippen LogP contribution is 2.29. The van der Waals surface area contributed by atoms with E-state index in [1.54, 1.807) is 41.3 Å². The molecular formula is C19H17Cl2NO3. The summed E-state index contributed by atoms with van der Waals surface area (Å²) in [6, 6.07) is 11.5. The maximum atomic E-state index is 12.6. The lowest BCUT2D eigenvalue weighted by atomic mass is 9.88. The molecule has 1 aliphatic rings. The quantitative estimate of drug-likeness (QED) is 0.804. The molecule has 1 heterocycles. The lowest BCUT2D eigenvalue weighted by molar-refractivity contribution is 0.0650. The Kier molecular flexibility index (Phi) is 5.30. The zero-order valence-corrected chi connectivity index (χ0v) is 14.9. The summed E-state index contributed by atoms with van der Waals surface area (Å²) < 4.78 is 0. The lowest BCUT2D eigenvalue weighted by Gasteiger charge is -2.31. The summed E-state index contributed by atoms with van der Waals surface area (Å²) in [5.74, 6) is -0.359. The molecule has 0 bridgehead atoms. The van der Waals surface area contributed by atoms with E-state index >= 15 is 0 Å². The van der Waals surface area contributed by atoms with Crippen LogP contribution in [-0.4, -0.2) is 34.8 Å². The summed E-state index contributed by atoms with van der Waals surface area (Å²) in [5.41, 5.74) is 0.925. The molecule has 0 atom stereocenters. The Bertz CT molecular complexity index is 797. The molecule has 25 heavy (non-hydrogen) atoms. The minimum atomic E-state index is -0.224. The third-order valence-corrected chi connectivity index (χ3v) is 5.14. The number of hydrogen-bond donors (Lipinski definition) is 1. The maximum absolute atomic E-state index is 12.6. The number of phenolic OH excluding ortho intramolecular Hbond substituents is 1. The van der Waals surface area contributed by atoms with E-state index in [1.165, 1.54) is 6.07 Å². The number of aromatic hydroxyl groups is 1. The minimum Gasteiger partial charge on any atom is -0.506 e. The summed E-state index contributed by atoms with van der Waals surface area (Å²) in [6.45, 7) is 0.962. The first-order chi connectivity index (χ1) is 12.0. The van der Waals surface area contributed by atoms with E-state index in [4.69, 9.17) is 23.2 Å². The summed E-state index contributed by atoms with van der Waals surface area (Å²) in [7, 11) is 0. The van der Waals surface area contributed by atoms with Gasteiger partial charge in [0.25, 0.3) is 5.91 Å². The Morgan fingerprint density at radius 3 is 2.28 bits per heavy atom. The molecule has 2 aromatic carbocycles. The minimum absolute atomic E-state index is 0.0619. The second kappa shape index (κ2) is 7.46. The number of halogens is 2. The fourth-order valence-corrected chi connectivity index (χ4v) is 3.38. The molecule has 130 valence electrons. The van der Waals surface area contributed by atoms with Crippen molar-refractivity contribution in [3.05, 3.63) is 63.6 Å². The highest BCUT2D eigenvalue weighted by Gasteiger charge is 2.29. The summed E-state index contributed by atoms with van der Waals surface area (Å²) in [6.07, 6.45) is 1.20. The Balaban J connectivity index is 1.65. The predicted molar refractivity (Wildman–Crippen MR) is 97.5 cm³/mol. The number of hydrogen-bond acceptors (Lipinski definition) is 3. The van der Waals surface area contributed by atoms with Gasteiger partial charge < -0.3 is 10.0 Å². The van der Waals surface area contributed by atoms with Gasteiger partial charge in [0.05, 0.1) is 10.6 Å². The number of phenols is 1. The summed E-state index contributed by atoms with van der Waals surface area (Å²) in [5, 5.41) is 10.3. The molecular weight excluding hydrogens is 361 g/mol. The largest absolute Gasteiger partial charge is 0.506 e. The van der Waals surface area contributed by atoms with E-state index in [2.05, 4.69) is 0 Å². The lowest BCUT2D eigenvalue weighted by Crippen LogP contribution is -2.40. The third-order valence-electron chi connectivity index (χ3n) is 4.49. The van der Waals surface area contributed by atoms with E-state index in [-0.39, 0.29) is 33.9 Å². The number of ketones is 1. The van der Waals surface area contributed by atoms with Crippen molar-refractivity contribution in [2.24, 2.45) is 5.92 Å². The standard InChI is InChI=1S/C19H17Cl2NO3/c20-14-6-4-12(5-7-14)18(24)13-8-10-22(11-9-13)19(25)15-2-1-3-16(23)17(15)21/h1-7,13,23H,8-11H2. The normalized spacial score (nSPS) is 15.2.